The number of benzene rings is 1. The van der Waals surface area contributed by atoms with Crippen LogP contribution in [-0.2, 0) is 16.0 Å². The minimum absolute atomic E-state index is 0.0180. The summed E-state index contributed by atoms with van der Waals surface area (Å²) in [7, 11) is 1.64. The van der Waals surface area contributed by atoms with Crippen molar-refractivity contribution in [2.75, 3.05) is 13.7 Å². The fourth-order valence-electron chi connectivity index (χ4n) is 2.22. The molecule has 1 aliphatic rings. The van der Waals surface area contributed by atoms with E-state index in [1.165, 1.54) is 0 Å². The van der Waals surface area contributed by atoms with Crippen LogP contribution in [0.4, 0.5) is 0 Å². The van der Waals surface area contributed by atoms with Gasteiger partial charge in [0.25, 0.3) is 0 Å². The largest absolute Gasteiger partial charge is 0.465 e. The zero-order valence-corrected chi connectivity index (χ0v) is 11.4. The molecular formula is C14H19NO5. The van der Waals surface area contributed by atoms with Gasteiger partial charge in [-0.2, -0.15) is 4.91 Å². The fourth-order valence-corrected chi connectivity index (χ4v) is 2.22. The average molecular weight is 281 g/mol. The second-order valence-electron chi connectivity index (χ2n) is 4.75. The summed E-state index contributed by atoms with van der Waals surface area (Å²) < 4.78 is 16.7. The molecular weight excluding hydrogens is 262 g/mol. The molecule has 1 aromatic carbocycles. The first-order chi connectivity index (χ1) is 9.75. The normalized spacial score (nSPS) is 26.2. The second-order valence-corrected chi connectivity index (χ2v) is 4.75. The van der Waals surface area contributed by atoms with Crippen LogP contribution in [0.1, 0.15) is 18.4 Å². The van der Waals surface area contributed by atoms with Crippen molar-refractivity contribution in [3.05, 3.63) is 34.7 Å². The molecule has 0 amide bonds. The lowest BCUT2D eigenvalue weighted by molar-refractivity contribution is -0.189. The summed E-state index contributed by atoms with van der Waals surface area (Å²) in [5.74, 6) is 0.651. The maximum atomic E-state index is 10.2. The van der Waals surface area contributed by atoms with Crippen LogP contribution in [0.2, 0.25) is 0 Å². The lowest BCUT2D eigenvalue weighted by atomic mass is 10.1. The first kappa shape index (κ1) is 14.9. The third kappa shape index (κ3) is 4.00. The number of nitrogens with zero attached hydrogens (tertiary/aromatic N) is 1. The van der Waals surface area contributed by atoms with E-state index in [2.05, 4.69) is 5.18 Å². The van der Waals surface area contributed by atoms with Crippen molar-refractivity contribution >= 4 is 0 Å². The summed E-state index contributed by atoms with van der Waals surface area (Å²) in [6.07, 6.45) is 0.587. The zero-order chi connectivity index (χ0) is 14.4. The molecule has 0 aliphatic carbocycles. The molecule has 3 unspecified atom stereocenters. The molecule has 1 saturated heterocycles. The summed E-state index contributed by atoms with van der Waals surface area (Å²) in [4.78, 5) is 10.2. The number of hydrogen-bond acceptors (Lipinski definition) is 6. The maximum Gasteiger partial charge on any atom is 0.202 e. The molecule has 110 valence electrons. The smallest absolute Gasteiger partial charge is 0.202 e. The summed E-state index contributed by atoms with van der Waals surface area (Å²) in [6, 6.07) is 7.12. The molecule has 1 N–H and O–H groups in total. The van der Waals surface area contributed by atoms with Gasteiger partial charge in [0.05, 0.1) is 18.8 Å². The van der Waals surface area contributed by atoms with Gasteiger partial charge in [-0.25, -0.2) is 0 Å². The Morgan fingerprint density at radius 3 is 2.70 bits per heavy atom. The van der Waals surface area contributed by atoms with Crippen molar-refractivity contribution in [3.63, 3.8) is 0 Å². The maximum absolute atomic E-state index is 10.2. The Kier molecular flexibility index (Phi) is 5.46. The van der Waals surface area contributed by atoms with Gasteiger partial charge >= 0.3 is 0 Å². The Labute approximate surface area is 117 Å². The van der Waals surface area contributed by atoms with Gasteiger partial charge in [-0.15, -0.1) is 0 Å². The molecule has 0 spiro atoms. The first-order valence-electron chi connectivity index (χ1n) is 6.59. The van der Waals surface area contributed by atoms with E-state index in [0.717, 1.165) is 5.56 Å². The van der Waals surface area contributed by atoms with Crippen LogP contribution in [-0.4, -0.2) is 37.3 Å². The van der Waals surface area contributed by atoms with Gasteiger partial charge in [-0.05, 0) is 17.7 Å². The van der Waals surface area contributed by atoms with Crippen LogP contribution in [0.15, 0.2) is 29.4 Å². The molecule has 1 aromatic rings. The van der Waals surface area contributed by atoms with Crippen molar-refractivity contribution in [1.29, 1.82) is 0 Å². The van der Waals surface area contributed by atoms with E-state index in [-0.39, 0.29) is 25.4 Å². The average Bonchev–Trinajstić information content (AvgIpc) is 2.49. The number of rotatable bonds is 6. The molecule has 0 aromatic heterocycles. The summed E-state index contributed by atoms with van der Waals surface area (Å²) in [5, 5.41) is 12.0. The first-order valence-corrected chi connectivity index (χ1v) is 6.59. The van der Waals surface area contributed by atoms with Crippen LogP contribution in [0.3, 0.4) is 0 Å². The van der Waals surface area contributed by atoms with E-state index in [0.29, 0.717) is 18.6 Å². The third-order valence-corrected chi connectivity index (χ3v) is 3.30. The van der Waals surface area contributed by atoms with Gasteiger partial charge in [0.15, 0.2) is 0 Å². The summed E-state index contributed by atoms with van der Waals surface area (Å²) in [5.41, 5.74) is 0.833. The molecule has 3 atom stereocenters. The Morgan fingerprint density at radius 1 is 1.35 bits per heavy atom. The Hall–Kier alpha value is -1.50. The van der Waals surface area contributed by atoms with Gasteiger partial charge < -0.3 is 19.3 Å². The standard InChI is InChI=1S/C14H19NO5/c1-18-12-6-13(9-16)20-14(7-12)19-11-4-2-10(3-5-11)8-15-17/h2-5,12-14,16H,6-9H2,1H3. The SMILES string of the molecule is COC1CC(CO)OC(Oc2ccc(CN=O)cc2)C1. The van der Waals surface area contributed by atoms with E-state index >= 15 is 0 Å². The van der Waals surface area contributed by atoms with Gasteiger partial charge in [-0.3, -0.25) is 0 Å². The molecule has 20 heavy (non-hydrogen) atoms. The highest BCUT2D eigenvalue weighted by molar-refractivity contribution is 5.27. The van der Waals surface area contributed by atoms with E-state index in [9.17, 15) is 10.0 Å². The molecule has 0 saturated carbocycles. The van der Waals surface area contributed by atoms with Crippen LogP contribution in [0, 0.1) is 4.91 Å². The Morgan fingerprint density at radius 2 is 2.10 bits per heavy atom. The van der Waals surface area contributed by atoms with Crippen molar-refractivity contribution in [3.8, 4) is 5.75 Å². The predicted octanol–water partition coefficient (Wildman–Crippen LogP) is 1.84. The van der Waals surface area contributed by atoms with Crippen LogP contribution >= 0.6 is 0 Å². The summed E-state index contributed by atoms with van der Waals surface area (Å²) >= 11 is 0. The number of hydrogen-bond donors (Lipinski definition) is 1. The molecule has 2 rings (SSSR count). The Bertz CT molecular complexity index is 410. The van der Waals surface area contributed by atoms with E-state index in [4.69, 9.17) is 14.2 Å². The van der Waals surface area contributed by atoms with Gasteiger partial charge in [0.1, 0.15) is 12.3 Å². The van der Waals surface area contributed by atoms with Crippen molar-refractivity contribution in [2.45, 2.75) is 37.9 Å². The summed E-state index contributed by atoms with van der Waals surface area (Å²) in [6.45, 7) is 0.0994. The van der Waals surface area contributed by atoms with E-state index in [1.807, 2.05) is 0 Å². The highest BCUT2D eigenvalue weighted by Gasteiger charge is 2.30. The van der Waals surface area contributed by atoms with Crippen molar-refractivity contribution < 1.29 is 19.3 Å². The van der Waals surface area contributed by atoms with Crippen LogP contribution < -0.4 is 4.74 Å². The third-order valence-electron chi connectivity index (χ3n) is 3.30. The highest BCUT2D eigenvalue weighted by Crippen LogP contribution is 2.24. The van der Waals surface area contributed by atoms with Gasteiger partial charge in [0, 0.05) is 20.0 Å². The minimum Gasteiger partial charge on any atom is -0.465 e. The predicted molar refractivity (Wildman–Crippen MR) is 72.3 cm³/mol. The topological polar surface area (TPSA) is 77.3 Å². The van der Waals surface area contributed by atoms with Crippen molar-refractivity contribution in [1.82, 2.24) is 0 Å². The zero-order valence-electron chi connectivity index (χ0n) is 11.4. The number of aliphatic hydroxyl groups is 1. The number of ether oxygens (including phenoxy) is 3. The molecule has 1 heterocycles. The number of nitroso groups, excluding NO2 is 1. The number of aliphatic hydroxyl groups excluding tert-OH is 1. The van der Waals surface area contributed by atoms with Gasteiger partial charge in [-0.1, -0.05) is 17.3 Å². The van der Waals surface area contributed by atoms with Crippen LogP contribution in [0.5, 0.6) is 5.75 Å². The lowest BCUT2D eigenvalue weighted by Crippen LogP contribution is -2.41. The van der Waals surface area contributed by atoms with Gasteiger partial charge in [0.2, 0.25) is 6.29 Å². The quantitative estimate of drug-likeness (QED) is 0.805. The van der Waals surface area contributed by atoms with E-state index < -0.39 is 6.29 Å². The van der Waals surface area contributed by atoms with E-state index in [1.54, 1.807) is 31.4 Å². The molecule has 6 nitrogen and oxygen atoms in total. The van der Waals surface area contributed by atoms with Crippen molar-refractivity contribution in [2.24, 2.45) is 5.18 Å². The highest BCUT2D eigenvalue weighted by atomic mass is 16.7. The molecule has 0 radical (unpaired) electrons. The monoisotopic (exact) mass is 281 g/mol. The minimum atomic E-state index is -0.444. The molecule has 1 fully saturated rings. The Balaban J connectivity index is 1.95. The lowest BCUT2D eigenvalue weighted by Gasteiger charge is -2.33. The molecule has 1 aliphatic heterocycles. The molecule has 0 bridgehead atoms. The second kappa shape index (κ2) is 7.33. The number of methoxy groups -OCH3 is 1. The van der Waals surface area contributed by atoms with Crippen LogP contribution in [0.25, 0.3) is 0 Å². The fraction of sp³-hybridized carbons (Fsp3) is 0.571. The molecule has 6 heteroatoms.